The fourth-order valence-corrected chi connectivity index (χ4v) is 12.1. The van der Waals surface area contributed by atoms with Gasteiger partial charge in [-0.2, -0.15) is 10.5 Å². The Hall–Kier alpha value is -11.8. The maximum atomic E-state index is 12.4. The van der Waals surface area contributed by atoms with Crippen LogP contribution in [-0.2, 0) is 34.4 Å². The number of hydrogen-bond donors (Lipinski definition) is 3. The molecule has 4 N–H and O–H groups in total. The number of nitrogens with one attached hydrogen (secondary N) is 2. The molecule has 550 valence electrons. The molecule has 1 unspecified atom stereocenters. The van der Waals surface area contributed by atoms with Crippen LogP contribution in [0.2, 0.25) is 0 Å². The fraction of sp³-hybridized carbons (Fsp3) is 0.317. The Balaban J connectivity index is 0.000000226. The van der Waals surface area contributed by atoms with Crippen LogP contribution in [0.4, 0.5) is 0 Å². The number of nitriles is 2. The van der Waals surface area contributed by atoms with Crippen LogP contribution in [0.3, 0.4) is 0 Å². The van der Waals surface area contributed by atoms with Crippen LogP contribution in [0.15, 0.2) is 193 Å². The van der Waals surface area contributed by atoms with Gasteiger partial charge in [-0.15, -0.1) is 0 Å². The third-order valence-electron chi connectivity index (χ3n) is 18.9. The number of nitrogens with zero attached hydrogens (tertiary/aromatic N) is 14. The molecule has 1 atom stereocenters. The second-order valence-corrected chi connectivity index (χ2v) is 28.3. The van der Waals surface area contributed by atoms with E-state index in [-0.39, 0.29) is 29.9 Å². The molecule has 0 bridgehead atoms. The van der Waals surface area contributed by atoms with Crippen molar-refractivity contribution < 1.29 is 25.4 Å². The van der Waals surface area contributed by atoms with Gasteiger partial charge in [0.05, 0.1) is 71.5 Å². The SMILES string of the molecule is CCC(CC)n1cc(-c2cnc(C)c(-c3cc(-c4cccc(C(C)(C)N)c4)no3)n2)ccc1=O.Cc1ncc(-c2ccc(=O)n(C(C)(C)C#N)c2)nc1-c1cc(-c2ccc(CNC3CC3)cc2)no1.Cc1ncc(-c2ccc(=O)n(C(C)(C)C#N)c2)nc1-c1cc(-c2ccc(CNC3CCOC3)cc2)no1.[HH].[HH].[HH].[HH].[HH]. The summed E-state index contributed by atoms with van der Waals surface area (Å²) in [6.45, 7) is 23.7. The third-order valence-corrected chi connectivity index (χ3v) is 18.9. The summed E-state index contributed by atoms with van der Waals surface area (Å²) >= 11 is 0. The molecule has 1 aliphatic heterocycles. The Morgan fingerprint density at radius 2 is 0.915 bits per heavy atom. The maximum Gasteiger partial charge on any atom is 0.251 e. The molecule has 106 heavy (non-hydrogen) atoms. The van der Waals surface area contributed by atoms with Gasteiger partial charge in [-0.1, -0.05) is 96.0 Å². The molecular weight excluding hydrogens is 1340 g/mol. The lowest BCUT2D eigenvalue weighted by Gasteiger charge is -2.19. The molecule has 24 heteroatoms. The number of hydrogen-bond acceptors (Lipinski definition) is 21. The summed E-state index contributed by atoms with van der Waals surface area (Å²) in [5, 5.41) is 38.8. The van der Waals surface area contributed by atoms with Crippen LogP contribution in [-0.4, -0.2) is 84.4 Å². The molecule has 2 fully saturated rings. The van der Waals surface area contributed by atoms with E-state index in [0.29, 0.717) is 97.4 Å². The lowest BCUT2D eigenvalue weighted by Crippen LogP contribution is -2.34. The summed E-state index contributed by atoms with van der Waals surface area (Å²) in [5.74, 6) is 1.55. The van der Waals surface area contributed by atoms with Gasteiger partial charge in [-0.25, -0.2) is 15.0 Å². The van der Waals surface area contributed by atoms with Crippen LogP contribution in [0.25, 0.3) is 102 Å². The van der Waals surface area contributed by atoms with Crippen molar-refractivity contribution >= 4 is 0 Å². The first-order chi connectivity index (χ1) is 50.9. The minimum absolute atomic E-state index is 0. The molecule has 1 aliphatic carbocycles. The smallest absolute Gasteiger partial charge is 0.251 e. The Morgan fingerprint density at radius 1 is 0.509 bits per heavy atom. The van der Waals surface area contributed by atoms with Gasteiger partial charge >= 0.3 is 0 Å². The molecule has 1 saturated heterocycles. The van der Waals surface area contributed by atoms with Crippen molar-refractivity contribution in [1.29, 1.82) is 10.5 Å². The Bertz CT molecular complexity index is 5430. The first-order valence-electron chi connectivity index (χ1n) is 35.5. The molecule has 12 aromatic rings. The van der Waals surface area contributed by atoms with Gasteiger partial charge in [-0.3, -0.25) is 38.5 Å². The van der Waals surface area contributed by atoms with E-state index in [9.17, 15) is 24.9 Å². The highest BCUT2D eigenvalue weighted by Crippen LogP contribution is 2.34. The van der Waals surface area contributed by atoms with E-state index < -0.39 is 16.6 Å². The second-order valence-electron chi connectivity index (χ2n) is 28.3. The molecule has 0 radical (unpaired) electrons. The molecule has 24 nitrogen and oxygen atoms in total. The summed E-state index contributed by atoms with van der Waals surface area (Å²) in [6, 6.07) is 45.2. The standard InChI is InChI=1S/C28H28N6O3.C27H26N6O2.C27H31N5O2.5H2/c1-18-27(32-24(14-30-18)21-8-9-26(35)34(15-21)28(2,3)17-29)25-12-23(33-37-25)20-6-4-19(5-7-20)13-31-22-10-11-36-16-22;1-17-26(31-23(14-29-17)20-8-11-25(34)33(15-20)27(2,3)16-28)24-12-22(32-35-24)19-6-4-18(5-7-19)13-30-21-9-10-21;1-6-21(7-2)32-16-19(11-12-25(32)33)23-15-29-17(3)26(30-23)24-14-22(31-34-24)18-9-8-10-20(13-18)27(4,5)28;;;;;/h4-9,12,14-15,22,31H,10-11,13,16H2,1-3H3;4-8,11-12,14-15,21,30H,9-10,13H2,1-3H3;8-16,21H,6-7,28H2,1-5H3;5*1H. The summed E-state index contributed by atoms with van der Waals surface area (Å²) in [7, 11) is 0. The predicted molar refractivity (Wildman–Crippen MR) is 415 cm³/mol. The van der Waals surface area contributed by atoms with E-state index in [0.717, 1.165) is 84.8 Å². The van der Waals surface area contributed by atoms with Crippen LogP contribution >= 0.6 is 0 Å². The lowest BCUT2D eigenvalue weighted by molar-refractivity contribution is 0.190. The van der Waals surface area contributed by atoms with E-state index in [1.807, 2.05) is 108 Å². The Kier molecular flexibility index (Phi) is 22.1. The van der Waals surface area contributed by atoms with Crippen LogP contribution < -0.4 is 33.0 Å². The second kappa shape index (κ2) is 31.7. The van der Waals surface area contributed by atoms with E-state index in [1.165, 1.54) is 45.2 Å². The van der Waals surface area contributed by atoms with Crippen molar-refractivity contribution in [1.82, 2.24) is 69.7 Å². The summed E-state index contributed by atoms with van der Waals surface area (Å²) in [5.41, 5.74) is 19.5. The molecule has 2 aliphatic rings. The van der Waals surface area contributed by atoms with Crippen molar-refractivity contribution in [3.8, 4) is 114 Å². The van der Waals surface area contributed by atoms with E-state index in [4.69, 9.17) is 39.0 Å². The highest BCUT2D eigenvalue weighted by molar-refractivity contribution is 5.72. The molecule has 0 spiro atoms. The van der Waals surface area contributed by atoms with Gasteiger partial charge < -0.3 is 39.2 Å². The van der Waals surface area contributed by atoms with Crippen LogP contribution in [0.5, 0.6) is 0 Å². The quantitative estimate of drug-likeness (QED) is 0.0601. The number of aromatic nitrogens is 12. The zero-order chi connectivity index (χ0) is 75.0. The van der Waals surface area contributed by atoms with Crippen molar-refractivity contribution in [3.63, 3.8) is 0 Å². The minimum Gasteiger partial charge on any atom is -0.380 e. The molecule has 0 amide bonds. The van der Waals surface area contributed by atoms with Crippen molar-refractivity contribution in [2.45, 2.75) is 156 Å². The lowest BCUT2D eigenvalue weighted by atomic mass is 9.93. The molecule has 3 aromatic carbocycles. The van der Waals surface area contributed by atoms with E-state index in [1.54, 1.807) is 87.5 Å². The highest BCUT2D eigenvalue weighted by atomic mass is 16.5. The van der Waals surface area contributed by atoms with Crippen molar-refractivity contribution in [2.75, 3.05) is 13.2 Å². The van der Waals surface area contributed by atoms with Gasteiger partial charge in [0.15, 0.2) is 17.3 Å². The average Bonchev–Trinajstić information content (AvgIpc) is 1.62. The van der Waals surface area contributed by atoms with Crippen molar-refractivity contribution in [3.05, 3.63) is 229 Å². The highest BCUT2D eigenvalue weighted by Gasteiger charge is 2.26. The predicted octanol–water partition coefficient (Wildman–Crippen LogP) is 15.2. The fourth-order valence-electron chi connectivity index (χ4n) is 12.1. The minimum atomic E-state index is -0.996. The zero-order valence-electron chi connectivity index (χ0n) is 61.4. The van der Waals surface area contributed by atoms with Crippen LogP contribution in [0, 0.1) is 43.4 Å². The van der Waals surface area contributed by atoms with Gasteiger partial charge in [-0.05, 0) is 135 Å². The molecule has 10 heterocycles. The van der Waals surface area contributed by atoms with E-state index >= 15 is 0 Å². The summed E-state index contributed by atoms with van der Waals surface area (Å²) in [6.07, 6.45) is 15.5. The van der Waals surface area contributed by atoms with Crippen LogP contribution in [0.1, 0.15) is 134 Å². The number of aryl methyl sites for hydroxylation is 3. The van der Waals surface area contributed by atoms with Gasteiger partial charge in [0.25, 0.3) is 16.7 Å². The average molecular weight is 1430 g/mol. The molecule has 1 saturated carbocycles. The number of rotatable bonds is 21. The van der Waals surface area contributed by atoms with Gasteiger partial charge in [0.2, 0.25) is 0 Å². The van der Waals surface area contributed by atoms with Gasteiger partial charge in [0.1, 0.15) is 45.2 Å². The first kappa shape index (κ1) is 73.9. The third kappa shape index (κ3) is 17.2. The summed E-state index contributed by atoms with van der Waals surface area (Å²) in [4.78, 5) is 65.0. The van der Waals surface area contributed by atoms with Gasteiger partial charge in [0, 0.05) is 139 Å². The maximum absolute atomic E-state index is 12.4. The first-order valence-corrected chi connectivity index (χ1v) is 35.5. The largest absolute Gasteiger partial charge is 0.380 e. The Labute approximate surface area is 621 Å². The van der Waals surface area contributed by atoms with E-state index in [2.05, 4.69) is 91.3 Å². The topological polar surface area (TPSA) is 328 Å². The number of benzene rings is 3. The zero-order valence-corrected chi connectivity index (χ0v) is 61.4. The normalized spacial score (nSPS) is 13.7. The van der Waals surface area contributed by atoms with Crippen molar-refractivity contribution in [2.24, 2.45) is 5.73 Å². The number of nitrogens with two attached hydrogens (primary N) is 1. The monoisotopic (exact) mass is 1430 g/mol. The molecular formula is C82H95N17O7. The molecule has 14 rings (SSSR count). The number of pyridine rings is 3. The number of ether oxygens (including phenoxy) is 1. The molecule has 9 aromatic heterocycles. The Morgan fingerprint density at radius 3 is 1.31 bits per heavy atom. The summed E-state index contributed by atoms with van der Waals surface area (Å²) < 4.78 is 27.0.